The lowest BCUT2D eigenvalue weighted by Crippen LogP contribution is -2.53. The van der Waals surface area contributed by atoms with Gasteiger partial charge in [-0.3, -0.25) is 4.79 Å². The van der Waals surface area contributed by atoms with E-state index in [0.29, 0.717) is 23.9 Å². The molecule has 0 atom stereocenters. The second-order valence-electron chi connectivity index (χ2n) is 5.66. The van der Waals surface area contributed by atoms with Crippen LogP contribution >= 0.6 is 0 Å². The number of amides is 1. The number of piperazine rings is 1. The van der Waals surface area contributed by atoms with E-state index in [-0.39, 0.29) is 0 Å². The number of hydrogen-bond donors (Lipinski definition) is 1. The van der Waals surface area contributed by atoms with Gasteiger partial charge in [0, 0.05) is 19.1 Å². The van der Waals surface area contributed by atoms with Crippen LogP contribution in [0.4, 0.5) is 0 Å². The number of nitrogens with zero attached hydrogens (tertiary/aromatic N) is 1. The summed E-state index contributed by atoms with van der Waals surface area (Å²) in [7, 11) is 0. The molecule has 1 saturated heterocycles. The number of hydrogen-bond acceptors (Lipinski definition) is 2. The average Bonchev–Trinajstić information content (AvgIpc) is 2.19. The van der Waals surface area contributed by atoms with Crippen molar-refractivity contribution < 1.29 is 4.79 Å². The van der Waals surface area contributed by atoms with Gasteiger partial charge >= 0.3 is 0 Å². The lowest BCUT2D eigenvalue weighted by atomic mass is 9.75. The van der Waals surface area contributed by atoms with E-state index >= 15 is 0 Å². The molecule has 0 spiro atoms. The van der Waals surface area contributed by atoms with E-state index < -0.39 is 0 Å². The highest BCUT2D eigenvalue weighted by Gasteiger charge is 2.32. The molecule has 15 heavy (non-hydrogen) atoms. The molecule has 0 unspecified atom stereocenters. The van der Waals surface area contributed by atoms with Gasteiger partial charge in [0.25, 0.3) is 0 Å². The Balaban J connectivity index is 1.92. The fourth-order valence-electron chi connectivity index (χ4n) is 2.70. The van der Waals surface area contributed by atoms with Gasteiger partial charge in [-0.05, 0) is 31.1 Å². The molecule has 1 aliphatic heterocycles. The first kappa shape index (κ1) is 10.9. The van der Waals surface area contributed by atoms with Crippen molar-refractivity contribution in [3.8, 4) is 0 Å². The van der Waals surface area contributed by atoms with Crippen LogP contribution < -0.4 is 5.32 Å². The van der Waals surface area contributed by atoms with Gasteiger partial charge in [-0.1, -0.05) is 13.8 Å². The van der Waals surface area contributed by atoms with Crippen LogP contribution in [0.25, 0.3) is 0 Å². The number of nitrogens with one attached hydrogen (secondary N) is 1. The minimum Gasteiger partial charge on any atom is -0.337 e. The molecular weight excluding hydrogens is 188 g/mol. The second-order valence-corrected chi connectivity index (χ2v) is 5.66. The second kappa shape index (κ2) is 4.12. The zero-order chi connectivity index (χ0) is 10.9. The molecule has 0 aromatic heterocycles. The Hall–Kier alpha value is -0.570. The Labute approximate surface area is 92.2 Å². The zero-order valence-electron chi connectivity index (χ0n) is 9.88. The zero-order valence-corrected chi connectivity index (χ0v) is 9.88. The Morgan fingerprint density at radius 3 is 2.60 bits per heavy atom. The van der Waals surface area contributed by atoms with Crippen LogP contribution in [0.1, 0.15) is 39.5 Å². The fraction of sp³-hybridized carbons (Fsp3) is 0.917. The highest BCUT2D eigenvalue weighted by Crippen LogP contribution is 2.36. The smallest absolute Gasteiger partial charge is 0.236 e. The SMILES string of the molecule is CC1(C)CCC(N2CCNCC2=O)CC1. The summed E-state index contributed by atoms with van der Waals surface area (Å²) in [4.78, 5) is 13.8. The van der Waals surface area contributed by atoms with E-state index in [4.69, 9.17) is 0 Å². The molecule has 0 aromatic rings. The number of carbonyl (C=O) groups is 1. The standard InChI is InChI=1S/C12H22N2O/c1-12(2)5-3-10(4-6-12)14-8-7-13-9-11(14)15/h10,13H,3-9H2,1-2H3. The summed E-state index contributed by atoms with van der Waals surface area (Å²) in [5.41, 5.74) is 0.494. The van der Waals surface area contributed by atoms with Gasteiger partial charge in [-0.25, -0.2) is 0 Å². The van der Waals surface area contributed by atoms with E-state index in [1.165, 1.54) is 25.7 Å². The molecule has 2 aliphatic rings. The molecule has 2 fully saturated rings. The van der Waals surface area contributed by atoms with Gasteiger partial charge in [-0.15, -0.1) is 0 Å². The normalized spacial score (nSPS) is 28.1. The van der Waals surface area contributed by atoms with Crippen molar-refractivity contribution in [2.75, 3.05) is 19.6 Å². The number of rotatable bonds is 1. The maximum atomic E-state index is 11.7. The molecule has 1 heterocycles. The Bertz CT molecular complexity index is 240. The predicted molar refractivity (Wildman–Crippen MR) is 60.6 cm³/mol. The van der Waals surface area contributed by atoms with Crippen molar-refractivity contribution in [3.63, 3.8) is 0 Å². The van der Waals surface area contributed by atoms with Crippen molar-refractivity contribution in [2.45, 2.75) is 45.6 Å². The first-order valence-electron chi connectivity index (χ1n) is 6.09. The molecule has 0 bridgehead atoms. The van der Waals surface area contributed by atoms with Gasteiger partial charge in [0.05, 0.1) is 6.54 Å². The third kappa shape index (κ3) is 2.51. The summed E-state index contributed by atoms with van der Waals surface area (Å²) in [6.45, 7) is 7.08. The van der Waals surface area contributed by atoms with Gasteiger partial charge in [0.2, 0.25) is 5.91 Å². The quantitative estimate of drug-likeness (QED) is 0.709. The highest BCUT2D eigenvalue weighted by molar-refractivity contribution is 5.79. The third-order valence-electron chi connectivity index (χ3n) is 3.88. The molecular formula is C12H22N2O. The number of carbonyl (C=O) groups excluding carboxylic acids is 1. The van der Waals surface area contributed by atoms with Crippen LogP contribution in [0, 0.1) is 5.41 Å². The maximum absolute atomic E-state index is 11.7. The maximum Gasteiger partial charge on any atom is 0.236 e. The molecule has 0 aromatic carbocycles. The lowest BCUT2D eigenvalue weighted by molar-refractivity contribution is -0.135. The average molecular weight is 210 g/mol. The highest BCUT2D eigenvalue weighted by atomic mass is 16.2. The van der Waals surface area contributed by atoms with Crippen LogP contribution in [-0.4, -0.2) is 36.5 Å². The third-order valence-corrected chi connectivity index (χ3v) is 3.88. The van der Waals surface area contributed by atoms with Crippen molar-refractivity contribution in [1.29, 1.82) is 0 Å². The minimum atomic E-state index is 0.297. The van der Waals surface area contributed by atoms with Gasteiger partial charge in [0.15, 0.2) is 0 Å². The van der Waals surface area contributed by atoms with E-state index in [2.05, 4.69) is 24.1 Å². The molecule has 3 heteroatoms. The van der Waals surface area contributed by atoms with Crippen molar-refractivity contribution in [3.05, 3.63) is 0 Å². The summed E-state index contributed by atoms with van der Waals surface area (Å²) in [6, 6.07) is 0.521. The molecule has 3 nitrogen and oxygen atoms in total. The van der Waals surface area contributed by atoms with Crippen molar-refractivity contribution >= 4 is 5.91 Å². The first-order chi connectivity index (χ1) is 7.08. The van der Waals surface area contributed by atoms with Crippen LogP contribution in [-0.2, 0) is 4.79 Å². The van der Waals surface area contributed by atoms with E-state index in [1.807, 2.05) is 0 Å². The van der Waals surface area contributed by atoms with Crippen LogP contribution in [0.15, 0.2) is 0 Å². The fourth-order valence-corrected chi connectivity index (χ4v) is 2.70. The molecule has 1 N–H and O–H groups in total. The monoisotopic (exact) mass is 210 g/mol. The summed E-state index contributed by atoms with van der Waals surface area (Å²) in [6.07, 6.45) is 4.90. The molecule has 1 aliphatic carbocycles. The molecule has 2 rings (SSSR count). The van der Waals surface area contributed by atoms with Crippen molar-refractivity contribution in [2.24, 2.45) is 5.41 Å². The van der Waals surface area contributed by atoms with Crippen molar-refractivity contribution in [1.82, 2.24) is 10.2 Å². The van der Waals surface area contributed by atoms with Gasteiger partial charge in [0.1, 0.15) is 0 Å². The minimum absolute atomic E-state index is 0.297. The van der Waals surface area contributed by atoms with E-state index in [1.54, 1.807) is 0 Å². The molecule has 1 amide bonds. The lowest BCUT2D eigenvalue weighted by Gasteiger charge is -2.41. The first-order valence-corrected chi connectivity index (χ1v) is 6.09. The Morgan fingerprint density at radius 2 is 2.00 bits per heavy atom. The van der Waals surface area contributed by atoms with Gasteiger partial charge in [-0.2, -0.15) is 0 Å². The summed E-state index contributed by atoms with van der Waals surface area (Å²) in [5, 5.41) is 3.13. The van der Waals surface area contributed by atoms with Crippen LogP contribution in [0.5, 0.6) is 0 Å². The van der Waals surface area contributed by atoms with Crippen LogP contribution in [0.2, 0.25) is 0 Å². The summed E-state index contributed by atoms with van der Waals surface area (Å²) < 4.78 is 0. The van der Waals surface area contributed by atoms with Gasteiger partial charge < -0.3 is 10.2 Å². The van der Waals surface area contributed by atoms with E-state index in [9.17, 15) is 4.79 Å². The van der Waals surface area contributed by atoms with Crippen LogP contribution in [0.3, 0.4) is 0 Å². The molecule has 86 valence electrons. The van der Waals surface area contributed by atoms with E-state index in [0.717, 1.165) is 13.1 Å². The topological polar surface area (TPSA) is 32.3 Å². The predicted octanol–water partition coefficient (Wildman–Crippen LogP) is 1.39. The molecule has 0 radical (unpaired) electrons. The summed E-state index contributed by atoms with van der Waals surface area (Å²) >= 11 is 0. The Kier molecular flexibility index (Phi) is 3.01. The largest absolute Gasteiger partial charge is 0.337 e. The Morgan fingerprint density at radius 1 is 1.33 bits per heavy atom. The molecule has 1 saturated carbocycles. The summed E-state index contributed by atoms with van der Waals surface area (Å²) in [5.74, 6) is 0.297.